The molecule has 1 aromatic carbocycles. The Hall–Kier alpha value is -1.96. The van der Waals surface area contributed by atoms with Crippen LogP contribution in [-0.4, -0.2) is 34.1 Å². The molecule has 98 valence electrons. The fraction of sp³-hybridized carbons (Fsp3) is 0.200. The van der Waals surface area contributed by atoms with E-state index in [9.17, 15) is 22.4 Å². The number of rotatable bonds is 4. The highest BCUT2D eigenvalue weighted by Gasteiger charge is 2.17. The summed E-state index contributed by atoms with van der Waals surface area (Å²) in [6.07, 6.45) is 0. The van der Waals surface area contributed by atoms with Crippen molar-refractivity contribution >= 4 is 21.9 Å². The van der Waals surface area contributed by atoms with Gasteiger partial charge in [0, 0.05) is 0 Å². The Balaban J connectivity index is 2.98. The Labute approximate surface area is 103 Å². The van der Waals surface area contributed by atoms with E-state index in [0.717, 1.165) is 12.1 Å². The number of sulfonamides is 1. The molecule has 0 radical (unpaired) electrons. The predicted molar refractivity (Wildman–Crippen MR) is 59.1 cm³/mol. The lowest BCUT2D eigenvalue weighted by Crippen LogP contribution is -2.31. The molecular weight excluding hydrogens is 265 g/mol. The zero-order chi connectivity index (χ0) is 13.8. The van der Waals surface area contributed by atoms with Crippen LogP contribution in [0.5, 0.6) is 0 Å². The third-order valence-electron chi connectivity index (χ3n) is 1.96. The fourth-order valence-electron chi connectivity index (χ4n) is 1.12. The van der Waals surface area contributed by atoms with Crippen molar-refractivity contribution in [2.24, 2.45) is 0 Å². The summed E-state index contributed by atoms with van der Waals surface area (Å²) in [5.41, 5.74) is 0.160. The number of alkyl halides is 1. The Morgan fingerprint density at radius 2 is 1.83 bits per heavy atom. The summed E-state index contributed by atoms with van der Waals surface area (Å²) in [5.74, 6) is -1.88. The lowest BCUT2D eigenvalue weighted by molar-refractivity contribution is -0.120. The monoisotopic (exact) mass is 275 g/mol. The van der Waals surface area contributed by atoms with E-state index in [4.69, 9.17) is 0 Å². The largest absolute Gasteiger partial charge is 0.465 e. The number of hydrogen-bond acceptors (Lipinski definition) is 5. The summed E-state index contributed by atoms with van der Waals surface area (Å²) < 4.78 is 40.9. The number of nitrogens with one attached hydrogen (secondary N) is 1. The van der Waals surface area contributed by atoms with Crippen LogP contribution in [0.3, 0.4) is 0 Å². The molecule has 8 heteroatoms. The minimum atomic E-state index is -4.11. The highest BCUT2D eigenvalue weighted by Crippen LogP contribution is 2.11. The third kappa shape index (κ3) is 3.27. The first-order valence-electron chi connectivity index (χ1n) is 4.70. The number of benzene rings is 1. The Morgan fingerprint density at radius 1 is 1.28 bits per heavy atom. The fourth-order valence-corrected chi connectivity index (χ4v) is 2.09. The summed E-state index contributed by atoms with van der Waals surface area (Å²) in [4.78, 5) is 21.5. The van der Waals surface area contributed by atoms with Gasteiger partial charge in [-0.1, -0.05) is 0 Å². The van der Waals surface area contributed by atoms with Gasteiger partial charge in [0.05, 0.1) is 17.6 Å². The molecular formula is C10H10FNO5S. The van der Waals surface area contributed by atoms with Crippen LogP contribution in [0.2, 0.25) is 0 Å². The van der Waals surface area contributed by atoms with Crippen LogP contribution in [0.15, 0.2) is 29.2 Å². The van der Waals surface area contributed by atoms with E-state index in [1.807, 2.05) is 0 Å². The molecule has 1 N–H and O–H groups in total. The van der Waals surface area contributed by atoms with Crippen molar-refractivity contribution in [3.8, 4) is 0 Å². The SMILES string of the molecule is COC(=O)c1ccc(S(=O)(=O)NC(=O)CF)cc1. The Bertz CT molecular complexity index is 552. The van der Waals surface area contributed by atoms with E-state index < -0.39 is 28.6 Å². The first kappa shape index (κ1) is 14.1. The van der Waals surface area contributed by atoms with Gasteiger partial charge < -0.3 is 4.74 Å². The van der Waals surface area contributed by atoms with Crippen LogP contribution >= 0.6 is 0 Å². The quantitative estimate of drug-likeness (QED) is 0.795. The van der Waals surface area contributed by atoms with Crippen molar-refractivity contribution in [3.63, 3.8) is 0 Å². The zero-order valence-electron chi connectivity index (χ0n) is 9.34. The van der Waals surface area contributed by atoms with Crippen molar-refractivity contribution in [2.75, 3.05) is 13.8 Å². The van der Waals surface area contributed by atoms with Crippen molar-refractivity contribution in [1.82, 2.24) is 4.72 Å². The molecule has 1 rings (SSSR count). The molecule has 0 aliphatic rings. The van der Waals surface area contributed by atoms with E-state index in [-0.39, 0.29) is 10.5 Å². The summed E-state index contributed by atoms with van der Waals surface area (Å²) in [7, 11) is -2.92. The average molecular weight is 275 g/mol. The summed E-state index contributed by atoms with van der Waals surface area (Å²) in [6, 6.07) is 4.67. The molecule has 0 saturated heterocycles. The first-order valence-corrected chi connectivity index (χ1v) is 6.19. The molecule has 0 spiro atoms. The topological polar surface area (TPSA) is 89.5 Å². The number of carbonyl (C=O) groups excluding carboxylic acids is 2. The van der Waals surface area contributed by atoms with Crippen LogP contribution in [-0.2, 0) is 19.6 Å². The maximum Gasteiger partial charge on any atom is 0.337 e. The predicted octanol–water partition coefficient (Wildman–Crippen LogP) is 0.248. The normalized spacial score (nSPS) is 10.8. The van der Waals surface area contributed by atoms with Gasteiger partial charge in [-0.25, -0.2) is 22.3 Å². The molecule has 0 heterocycles. The van der Waals surface area contributed by atoms with Gasteiger partial charge in [-0.15, -0.1) is 0 Å². The number of esters is 1. The Kier molecular flexibility index (Phi) is 4.38. The van der Waals surface area contributed by atoms with Gasteiger partial charge >= 0.3 is 5.97 Å². The van der Waals surface area contributed by atoms with Crippen molar-refractivity contribution in [2.45, 2.75) is 4.90 Å². The van der Waals surface area contributed by atoms with E-state index >= 15 is 0 Å². The number of hydrogen-bond donors (Lipinski definition) is 1. The molecule has 0 aliphatic carbocycles. The highest BCUT2D eigenvalue weighted by atomic mass is 32.2. The summed E-state index contributed by atoms with van der Waals surface area (Å²) in [5, 5.41) is 0. The molecule has 0 bridgehead atoms. The smallest absolute Gasteiger partial charge is 0.337 e. The van der Waals surface area contributed by atoms with Crippen LogP contribution in [0.25, 0.3) is 0 Å². The molecule has 6 nitrogen and oxygen atoms in total. The number of halogens is 1. The molecule has 1 amide bonds. The standard InChI is InChI=1S/C10H10FNO5S/c1-17-10(14)7-2-4-8(5-3-7)18(15,16)12-9(13)6-11/h2-5H,6H2,1H3,(H,12,13). The summed E-state index contributed by atoms with van der Waals surface area (Å²) >= 11 is 0. The van der Waals surface area contributed by atoms with E-state index in [1.54, 1.807) is 0 Å². The molecule has 1 aromatic rings. The molecule has 0 saturated carbocycles. The van der Waals surface area contributed by atoms with E-state index in [1.165, 1.54) is 24.0 Å². The van der Waals surface area contributed by atoms with Gasteiger partial charge in [-0.05, 0) is 24.3 Å². The molecule has 0 aliphatic heterocycles. The van der Waals surface area contributed by atoms with Gasteiger partial charge in [0.15, 0.2) is 6.67 Å². The highest BCUT2D eigenvalue weighted by molar-refractivity contribution is 7.90. The maximum atomic E-state index is 11.9. The lowest BCUT2D eigenvalue weighted by atomic mass is 10.2. The van der Waals surface area contributed by atoms with E-state index in [0.29, 0.717) is 0 Å². The van der Waals surface area contributed by atoms with Crippen molar-refractivity contribution in [3.05, 3.63) is 29.8 Å². The second-order valence-electron chi connectivity index (χ2n) is 3.18. The molecule has 0 fully saturated rings. The molecule has 0 aromatic heterocycles. The Morgan fingerprint density at radius 3 is 2.28 bits per heavy atom. The molecule has 0 atom stereocenters. The minimum Gasteiger partial charge on any atom is -0.465 e. The second-order valence-corrected chi connectivity index (χ2v) is 4.86. The van der Waals surface area contributed by atoms with Gasteiger partial charge in [0.1, 0.15) is 0 Å². The van der Waals surface area contributed by atoms with Gasteiger partial charge in [0.2, 0.25) is 0 Å². The van der Waals surface area contributed by atoms with Gasteiger partial charge in [-0.3, -0.25) is 4.79 Å². The number of amides is 1. The van der Waals surface area contributed by atoms with Crippen molar-refractivity contribution < 1.29 is 27.1 Å². The zero-order valence-corrected chi connectivity index (χ0v) is 10.2. The van der Waals surface area contributed by atoms with Crippen LogP contribution in [0.4, 0.5) is 4.39 Å². The van der Waals surface area contributed by atoms with Gasteiger partial charge in [0.25, 0.3) is 15.9 Å². The van der Waals surface area contributed by atoms with Crippen LogP contribution in [0.1, 0.15) is 10.4 Å². The van der Waals surface area contributed by atoms with Crippen LogP contribution < -0.4 is 4.72 Å². The number of ether oxygens (including phenoxy) is 1. The van der Waals surface area contributed by atoms with Gasteiger partial charge in [-0.2, -0.15) is 0 Å². The maximum absolute atomic E-state index is 11.9. The molecule has 0 unspecified atom stereocenters. The third-order valence-corrected chi connectivity index (χ3v) is 3.34. The number of carbonyl (C=O) groups is 2. The lowest BCUT2D eigenvalue weighted by Gasteiger charge is -2.05. The number of methoxy groups -OCH3 is 1. The van der Waals surface area contributed by atoms with E-state index in [2.05, 4.69) is 4.74 Å². The summed E-state index contributed by atoms with van der Waals surface area (Å²) in [6.45, 7) is -1.43. The second kappa shape index (κ2) is 5.58. The minimum absolute atomic E-state index is 0.160. The first-order chi connectivity index (χ1) is 8.40. The van der Waals surface area contributed by atoms with Crippen molar-refractivity contribution in [1.29, 1.82) is 0 Å². The molecule has 18 heavy (non-hydrogen) atoms. The average Bonchev–Trinajstić information content (AvgIpc) is 2.37. The van der Waals surface area contributed by atoms with Crippen LogP contribution in [0, 0.1) is 0 Å².